The van der Waals surface area contributed by atoms with Crippen molar-refractivity contribution in [2.45, 2.75) is 52.6 Å². The minimum atomic E-state index is -0.406. The van der Waals surface area contributed by atoms with Gasteiger partial charge in [0.25, 0.3) is 0 Å². The SMILES string of the molecule is CCCC1(CNc2cc(OC(C)C)c(F)cc2N)CC1. The molecular weight excluding hydrogens is 255 g/mol. The molecule has 0 spiro atoms. The number of halogens is 1. The van der Waals surface area contributed by atoms with Crippen LogP contribution < -0.4 is 15.8 Å². The number of anilines is 2. The molecule has 20 heavy (non-hydrogen) atoms. The van der Waals surface area contributed by atoms with Gasteiger partial charge < -0.3 is 15.8 Å². The number of rotatable bonds is 7. The highest BCUT2D eigenvalue weighted by Crippen LogP contribution is 2.49. The fourth-order valence-corrected chi connectivity index (χ4v) is 2.57. The van der Waals surface area contributed by atoms with Crippen LogP contribution in [0.2, 0.25) is 0 Å². The third-order valence-electron chi connectivity index (χ3n) is 3.86. The monoisotopic (exact) mass is 280 g/mol. The summed E-state index contributed by atoms with van der Waals surface area (Å²) < 4.78 is 19.2. The largest absolute Gasteiger partial charge is 0.488 e. The normalized spacial score (nSPS) is 16.2. The Morgan fingerprint density at radius 1 is 1.40 bits per heavy atom. The molecule has 0 radical (unpaired) electrons. The average Bonchev–Trinajstić information content (AvgIpc) is 3.11. The third-order valence-corrected chi connectivity index (χ3v) is 3.86. The number of nitrogen functional groups attached to an aromatic ring is 1. The highest BCUT2D eigenvalue weighted by molar-refractivity contribution is 5.68. The Hall–Kier alpha value is -1.45. The van der Waals surface area contributed by atoms with Gasteiger partial charge in [0, 0.05) is 18.7 Å². The Labute approximate surface area is 120 Å². The van der Waals surface area contributed by atoms with E-state index in [1.807, 2.05) is 13.8 Å². The summed E-state index contributed by atoms with van der Waals surface area (Å²) in [4.78, 5) is 0. The van der Waals surface area contributed by atoms with Crippen molar-refractivity contribution in [3.63, 3.8) is 0 Å². The highest BCUT2D eigenvalue weighted by Gasteiger charge is 2.41. The fourth-order valence-electron chi connectivity index (χ4n) is 2.57. The summed E-state index contributed by atoms with van der Waals surface area (Å²) in [6, 6.07) is 3.01. The standard InChI is InChI=1S/C16H25FN2O/c1-4-5-16(6-7-16)10-19-14-9-15(20-11(2)3)12(17)8-13(14)18/h8-9,11,19H,4-7,10,18H2,1-3H3. The zero-order valence-electron chi connectivity index (χ0n) is 12.6. The van der Waals surface area contributed by atoms with Crippen molar-refractivity contribution in [3.05, 3.63) is 17.9 Å². The molecule has 0 heterocycles. The van der Waals surface area contributed by atoms with E-state index in [1.54, 1.807) is 6.07 Å². The van der Waals surface area contributed by atoms with E-state index in [2.05, 4.69) is 12.2 Å². The maximum absolute atomic E-state index is 13.8. The van der Waals surface area contributed by atoms with Gasteiger partial charge in [0.05, 0.1) is 17.5 Å². The lowest BCUT2D eigenvalue weighted by atomic mass is 10.0. The molecule has 0 bridgehead atoms. The van der Waals surface area contributed by atoms with E-state index in [-0.39, 0.29) is 11.9 Å². The van der Waals surface area contributed by atoms with Crippen LogP contribution in [-0.4, -0.2) is 12.6 Å². The van der Waals surface area contributed by atoms with E-state index in [1.165, 1.54) is 31.7 Å². The number of hydrogen-bond acceptors (Lipinski definition) is 3. The van der Waals surface area contributed by atoms with Crippen molar-refractivity contribution >= 4 is 11.4 Å². The summed E-state index contributed by atoms with van der Waals surface area (Å²) in [6.45, 7) is 6.87. The second-order valence-corrected chi connectivity index (χ2v) is 6.14. The number of benzene rings is 1. The Bertz CT molecular complexity index is 470. The molecule has 112 valence electrons. The average molecular weight is 280 g/mol. The Balaban J connectivity index is 2.07. The molecule has 0 aliphatic heterocycles. The first-order valence-corrected chi connectivity index (χ1v) is 7.45. The molecule has 3 nitrogen and oxygen atoms in total. The molecular formula is C16H25FN2O. The van der Waals surface area contributed by atoms with E-state index < -0.39 is 5.82 Å². The van der Waals surface area contributed by atoms with E-state index in [0.29, 0.717) is 11.1 Å². The molecule has 0 atom stereocenters. The van der Waals surface area contributed by atoms with Crippen LogP contribution in [0.25, 0.3) is 0 Å². The highest BCUT2D eigenvalue weighted by atomic mass is 19.1. The number of nitrogens with two attached hydrogens (primary N) is 1. The minimum Gasteiger partial charge on any atom is -0.488 e. The van der Waals surface area contributed by atoms with Gasteiger partial charge in [-0.2, -0.15) is 0 Å². The summed E-state index contributed by atoms with van der Waals surface area (Å²) in [5.41, 5.74) is 7.52. The molecule has 3 N–H and O–H groups in total. The first kappa shape index (κ1) is 14.9. The molecule has 0 aromatic heterocycles. The van der Waals surface area contributed by atoms with Gasteiger partial charge in [-0.05, 0) is 38.5 Å². The Kier molecular flexibility index (Phi) is 4.41. The summed E-state index contributed by atoms with van der Waals surface area (Å²) in [5.74, 6) is -0.145. The fraction of sp³-hybridized carbons (Fsp3) is 0.625. The van der Waals surface area contributed by atoms with Gasteiger partial charge in [-0.1, -0.05) is 13.3 Å². The van der Waals surface area contributed by atoms with E-state index >= 15 is 0 Å². The quantitative estimate of drug-likeness (QED) is 0.736. The van der Waals surface area contributed by atoms with Gasteiger partial charge in [0.15, 0.2) is 11.6 Å². The van der Waals surface area contributed by atoms with E-state index in [0.717, 1.165) is 12.2 Å². The smallest absolute Gasteiger partial charge is 0.167 e. The number of nitrogens with one attached hydrogen (secondary N) is 1. The maximum atomic E-state index is 13.8. The van der Waals surface area contributed by atoms with Gasteiger partial charge in [-0.25, -0.2) is 4.39 Å². The molecule has 1 saturated carbocycles. The van der Waals surface area contributed by atoms with E-state index in [9.17, 15) is 4.39 Å². The molecule has 2 rings (SSSR count). The zero-order chi connectivity index (χ0) is 14.8. The predicted octanol–water partition coefficient (Wildman–Crippen LogP) is 4.19. The lowest BCUT2D eigenvalue weighted by molar-refractivity contribution is 0.231. The van der Waals surface area contributed by atoms with Crippen LogP contribution in [0.3, 0.4) is 0 Å². The van der Waals surface area contributed by atoms with Crippen LogP contribution >= 0.6 is 0 Å². The lowest BCUT2D eigenvalue weighted by Crippen LogP contribution is -2.16. The van der Waals surface area contributed by atoms with Crippen molar-refractivity contribution in [1.82, 2.24) is 0 Å². The predicted molar refractivity (Wildman–Crippen MR) is 81.6 cm³/mol. The molecule has 1 aromatic rings. The summed E-state index contributed by atoms with van der Waals surface area (Å²) in [6.07, 6.45) is 4.91. The first-order chi connectivity index (χ1) is 9.46. The third kappa shape index (κ3) is 3.56. The molecule has 1 aliphatic rings. The van der Waals surface area contributed by atoms with Crippen molar-refractivity contribution in [1.29, 1.82) is 0 Å². The van der Waals surface area contributed by atoms with Crippen molar-refractivity contribution in [3.8, 4) is 5.75 Å². The van der Waals surface area contributed by atoms with Crippen LogP contribution in [0.4, 0.5) is 15.8 Å². The van der Waals surface area contributed by atoms with Crippen molar-refractivity contribution in [2.24, 2.45) is 5.41 Å². The Morgan fingerprint density at radius 3 is 2.65 bits per heavy atom. The first-order valence-electron chi connectivity index (χ1n) is 7.45. The molecule has 1 aromatic carbocycles. The van der Waals surface area contributed by atoms with Gasteiger partial charge in [0.2, 0.25) is 0 Å². The zero-order valence-corrected chi connectivity index (χ0v) is 12.6. The van der Waals surface area contributed by atoms with Gasteiger partial charge in [-0.3, -0.25) is 0 Å². The van der Waals surface area contributed by atoms with Crippen LogP contribution in [-0.2, 0) is 0 Å². The van der Waals surface area contributed by atoms with Gasteiger partial charge >= 0.3 is 0 Å². The van der Waals surface area contributed by atoms with Crippen LogP contribution in [0.1, 0.15) is 46.5 Å². The lowest BCUT2D eigenvalue weighted by Gasteiger charge is -2.18. The van der Waals surface area contributed by atoms with Crippen LogP contribution in [0.5, 0.6) is 5.75 Å². The topological polar surface area (TPSA) is 47.3 Å². The number of ether oxygens (including phenoxy) is 1. The van der Waals surface area contributed by atoms with Gasteiger partial charge in [0.1, 0.15) is 0 Å². The second-order valence-electron chi connectivity index (χ2n) is 6.14. The molecule has 4 heteroatoms. The van der Waals surface area contributed by atoms with Crippen LogP contribution in [0.15, 0.2) is 12.1 Å². The molecule has 0 amide bonds. The Morgan fingerprint density at radius 2 is 2.10 bits per heavy atom. The minimum absolute atomic E-state index is 0.0594. The van der Waals surface area contributed by atoms with Crippen molar-refractivity contribution < 1.29 is 9.13 Å². The summed E-state index contributed by atoms with van der Waals surface area (Å²) in [7, 11) is 0. The number of hydrogen-bond donors (Lipinski definition) is 2. The van der Waals surface area contributed by atoms with E-state index in [4.69, 9.17) is 10.5 Å². The summed E-state index contributed by atoms with van der Waals surface area (Å²) >= 11 is 0. The second kappa shape index (κ2) is 5.90. The van der Waals surface area contributed by atoms with Gasteiger partial charge in [-0.15, -0.1) is 0 Å². The molecule has 0 saturated heterocycles. The summed E-state index contributed by atoms with van der Waals surface area (Å²) in [5, 5.41) is 3.37. The molecule has 1 fully saturated rings. The molecule has 0 unspecified atom stereocenters. The maximum Gasteiger partial charge on any atom is 0.167 e. The molecule has 1 aliphatic carbocycles. The van der Waals surface area contributed by atoms with Crippen LogP contribution in [0, 0.1) is 11.2 Å². The van der Waals surface area contributed by atoms with Crippen molar-refractivity contribution in [2.75, 3.05) is 17.6 Å².